The lowest BCUT2D eigenvalue weighted by atomic mass is 9.97. The van der Waals surface area contributed by atoms with Crippen LogP contribution in [0.4, 0.5) is 0 Å². The highest BCUT2D eigenvalue weighted by atomic mass is 32.1. The second kappa shape index (κ2) is 4.67. The van der Waals surface area contributed by atoms with E-state index in [0.717, 1.165) is 24.1 Å². The zero-order valence-corrected chi connectivity index (χ0v) is 12.5. The normalized spacial score (nSPS) is 24.1. The Morgan fingerprint density at radius 3 is 2.63 bits per heavy atom. The first-order valence-electron chi connectivity index (χ1n) is 6.95. The number of amides is 1. The molecule has 2 aromatic heterocycles. The van der Waals surface area contributed by atoms with E-state index in [1.165, 1.54) is 11.1 Å². The molecule has 0 unspecified atom stereocenters. The van der Waals surface area contributed by atoms with Crippen LogP contribution in [0.15, 0.2) is 17.5 Å². The summed E-state index contributed by atoms with van der Waals surface area (Å²) in [5.41, 5.74) is 1.98. The summed E-state index contributed by atoms with van der Waals surface area (Å²) in [5, 5.41) is 2.07. The fraction of sp³-hybridized carbons (Fsp3) is 0.533. The number of rotatable bonds is 1. The molecule has 0 spiro atoms. The molecule has 1 aliphatic rings. The molecule has 0 aromatic carbocycles. The average Bonchev–Trinajstić information content (AvgIpc) is 2.92. The Balaban J connectivity index is 1.98. The van der Waals surface area contributed by atoms with Crippen molar-refractivity contribution in [3.63, 3.8) is 0 Å². The highest BCUT2D eigenvalue weighted by Gasteiger charge is 2.31. The summed E-state index contributed by atoms with van der Waals surface area (Å²) in [6.45, 7) is 4.33. The summed E-state index contributed by atoms with van der Waals surface area (Å²) in [6, 6.07) is 4.82. The van der Waals surface area contributed by atoms with Crippen molar-refractivity contribution in [3.05, 3.63) is 23.2 Å². The van der Waals surface area contributed by atoms with Gasteiger partial charge in [0.2, 0.25) is 0 Å². The second-order valence-corrected chi connectivity index (χ2v) is 6.55. The Kier molecular flexibility index (Phi) is 3.13. The van der Waals surface area contributed by atoms with Crippen LogP contribution in [0.2, 0.25) is 0 Å². The van der Waals surface area contributed by atoms with Gasteiger partial charge in [0, 0.05) is 19.1 Å². The van der Waals surface area contributed by atoms with Gasteiger partial charge in [-0.1, -0.05) is 0 Å². The van der Waals surface area contributed by atoms with Crippen LogP contribution >= 0.6 is 11.3 Å². The second-order valence-electron chi connectivity index (χ2n) is 5.60. The molecule has 19 heavy (non-hydrogen) atoms. The zero-order valence-electron chi connectivity index (χ0n) is 11.7. The molecular weight excluding hydrogens is 256 g/mol. The average molecular weight is 276 g/mol. The van der Waals surface area contributed by atoms with Crippen molar-refractivity contribution in [3.8, 4) is 0 Å². The van der Waals surface area contributed by atoms with E-state index in [2.05, 4.69) is 30.2 Å². The van der Waals surface area contributed by atoms with Gasteiger partial charge in [-0.2, -0.15) is 0 Å². The number of likely N-dealkylation sites (tertiary alicyclic amines) is 1. The molecule has 0 aliphatic carbocycles. The van der Waals surface area contributed by atoms with Gasteiger partial charge in [-0.05, 0) is 50.6 Å². The van der Waals surface area contributed by atoms with Gasteiger partial charge in [-0.25, -0.2) is 0 Å². The number of piperidine rings is 1. The lowest BCUT2D eigenvalue weighted by Gasteiger charge is -2.39. The molecule has 0 saturated carbocycles. The quantitative estimate of drug-likeness (QED) is 0.780. The van der Waals surface area contributed by atoms with Crippen molar-refractivity contribution in [1.82, 2.24) is 9.47 Å². The smallest absolute Gasteiger partial charge is 0.271 e. The molecule has 3 nitrogen and oxygen atoms in total. The number of hydrogen-bond acceptors (Lipinski definition) is 2. The molecule has 0 bridgehead atoms. The number of aryl methyl sites for hydroxylation is 1. The largest absolute Gasteiger partial charge is 0.339 e. The Morgan fingerprint density at radius 2 is 2.00 bits per heavy atom. The van der Waals surface area contributed by atoms with Gasteiger partial charge >= 0.3 is 0 Å². The zero-order chi connectivity index (χ0) is 13.6. The number of fused-ring (bicyclic) bond motifs is 1. The summed E-state index contributed by atoms with van der Waals surface area (Å²) in [5.74, 6) is 0.186. The maximum absolute atomic E-state index is 12.8. The van der Waals surface area contributed by atoms with Crippen LogP contribution in [0.1, 0.15) is 43.6 Å². The van der Waals surface area contributed by atoms with Crippen LogP contribution in [0.25, 0.3) is 10.2 Å². The molecule has 1 saturated heterocycles. The number of hydrogen-bond donors (Lipinski definition) is 0. The van der Waals surface area contributed by atoms with E-state index in [0.29, 0.717) is 12.1 Å². The van der Waals surface area contributed by atoms with Gasteiger partial charge in [0.25, 0.3) is 5.91 Å². The van der Waals surface area contributed by atoms with Crippen LogP contribution in [-0.4, -0.2) is 27.5 Å². The first-order valence-corrected chi connectivity index (χ1v) is 7.83. The number of nitrogens with zero attached hydrogens (tertiary/aromatic N) is 2. The van der Waals surface area contributed by atoms with Gasteiger partial charge in [0.15, 0.2) is 0 Å². The lowest BCUT2D eigenvalue weighted by molar-refractivity contribution is 0.0501. The fourth-order valence-corrected chi connectivity index (χ4v) is 4.06. The van der Waals surface area contributed by atoms with Crippen LogP contribution < -0.4 is 0 Å². The van der Waals surface area contributed by atoms with Crippen LogP contribution in [0.5, 0.6) is 0 Å². The maximum Gasteiger partial charge on any atom is 0.271 e. The van der Waals surface area contributed by atoms with Gasteiger partial charge in [-0.3, -0.25) is 4.79 Å². The summed E-state index contributed by atoms with van der Waals surface area (Å²) in [7, 11) is 1.99. The van der Waals surface area contributed by atoms with E-state index in [1.807, 2.05) is 17.7 Å². The van der Waals surface area contributed by atoms with Crippen LogP contribution in [0.3, 0.4) is 0 Å². The molecule has 1 aliphatic heterocycles. The molecule has 1 fully saturated rings. The summed E-state index contributed by atoms with van der Waals surface area (Å²) in [4.78, 5) is 14.9. The monoisotopic (exact) mass is 276 g/mol. The predicted octanol–water partition coefficient (Wildman–Crippen LogP) is 3.64. The highest BCUT2D eigenvalue weighted by molar-refractivity contribution is 7.17. The lowest BCUT2D eigenvalue weighted by Crippen LogP contribution is -2.47. The van der Waals surface area contributed by atoms with Crippen molar-refractivity contribution in [2.24, 2.45) is 7.05 Å². The molecule has 3 heterocycles. The third-order valence-corrected chi connectivity index (χ3v) is 5.16. The number of carbonyl (C=O) groups is 1. The number of aromatic nitrogens is 1. The van der Waals surface area contributed by atoms with Crippen molar-refractivity contribution < 1.29 is 4.79 Å². The Bertz CT molecular complexity index is 603. The first kappa shape index (κ1) is 12.7. The minimum Gasteiger partial charge on any atom is -0.339 e. The SMILES string of the molecule is C[C@H]1CCC[C@H](C)N1C(=O)c1cc2sccc2n1C. The molecule has 4 heteroatoms. The minimum atomic E-state index is 0.186. The first-order chi connectivity index (χ1) is 9.09. The van der Waals surface area contributed by atoms with E-state index in [9.17, 15) is 4.79 Å². The molecule has 3 rings (SSSR count). The molecule has 102 valence electrons. The standard InChI is InChI=1S/C15H20N2OS/c1-10-5-4-6-11(2)17(10)15(18)13-9-14-12(16(13)3)7-8-19-14/h7-11H,4-6H2,1-3H3/t10-,11-/m0/s1. The summed E-state index contributed by atoms with van der Waals surface area (Å²) < 4.78 is 3.23. The van der Waals surface area contributed by atoms with Crippen LogP contribution in [0, 0.1) is 0 Å². The molecular formula is C15H20N2OS. The van der Waals surface area contributed by atoms with Crippen molar-refractivity contribution in [1.29, 1.82) is 0 Å². The predicted molar refractivity (Wildman–Crippen MR) is 79.7 cm³/mol. The Morgan fingerprint density at radius 1 is 1.32 bits per heavy atom. The molecule has 0 radical (unpaired) electrons. The summed E-state index contributed by atoms with van der Waals surface area (Å²) in [6.07, 6.45) is 3.47. The van der Waals surface area contributed by atoms with Crippen molar-refractivity contribution in [2.45, 2.75) is 45.2 Å². The number of carbonyl (C=O) groups excluding carboxylic acids is 1. The van der Waals surface area contributed by atoms with Crippen molar-refractivity contribution >= 4 is 27.5 Å². The molecule has 1 amide bonds. The third-order valence-electron chi connectivity index (χ3n) is 4.31. The van der Waals surface area contributed by atoms with E-state index < -0.39 is 0 Å². The van der Waals surface area contributed by atoms with Crippen LogP contribution in [-0.2, 0) is 7.05 Å². The molecule has 0 N–H and O–H groups in total. The fourth-order valence-electron chi connectivity index (χ4n) is 3.21. The summed E-state index contributed by atoms with van der Waals surface area (Å²) >= 11 is 1.70. The Labute approximate surface area is 117 Å². The highest BCUT2D eigenvalue weighted by Crippen LogP contribution is 2.28. The van der Waals surface area contributed by atoms with Gasteiger partial charge < -0.3 is 9.47 Å². The van der Waals surface area contributed by atoms with Crippen molar-refractivity contribution in [2.75, 3.05) is 0 Å². The molecule has 2 atom stereocenters. The van der Waals surface area contributed by atoms with E-state index in [-0.39, 0.29) is 5.91 Å². The van der Waals surface area contributed by atoms with Gasteiger partial charge in [0.05, 0.1) is 10.2 Å². The van der Waals surface area contributed by atoms with E-state index >= 15 is 0 Å². The topological polar surface area (TPSA) is 25.2 Å². The number of thiophene rings is 1. The Hall–Kier alpha value is -1.29. The molecule has 2 aromatic rings. The van der Waals surface area contributed by atoms with Gasteiger partial charge in [-0.15, -0.1) is 11.3 Å². The van der Waals surface area contributed by atoms with E-state index in [1.54, 1.807) is 11.3 Å². The maximum atomic E-state index is 12.8. The minimum absolute atomic E-state index is 0.186. The third kappa shape index (κ3) is 1.98. The van der Waals surface area contributed by atoms with E-state index in [4.69, 9.17) is 0 Å². The van der Waals surface area contributed by atoms with Gasteiger partial charge in [0.1, 0.15) is 5.69 Å².